The van der Waals surface area contributed by atoms with Crippen LogP contribution in [0.1, 0.15) is 36.8 Å². The zero-order valence-corrected chi connectivity index (χ0v) is 18.9. The van der Waals surface area contributed by atoms with Gasteiger partial charge in [0.1, 0.15) is 5.75 Å². The van der Waals surface area contributed by atoms with Gasteiger partial charge in [-0.15, -0.1) is 0 Å². The lowest BCUT2D eigenvalue weighted by atomic mass is 10.1. The van der Waals surface area contributed by atoms with Gasteiger partial charge in [-0.1, -0.05) is 24.3 Å². The van der Waals surface area contributed by atoms with Crippen LogP contribution >= 0.6 is 0 Å². The SMILES string of the molecule is COc1ccc(S(=O)(=O)NCc2ccc(CN3CCCC3)cc2)cc1N1C(=O)CCC1=O. The minimum Gasteiger partial charge on any atom is -0.495 e. The molecule has 0 bridgehead atoms. The van der Waals surface area contributed by atoms with Crippen LogP contribution in [-0.4, -0.2) is 45.3 Å². The number of rotatable bonds is 8. The van der Waals surface area contributed by atoms with Crippen molar-refractivity contribution in [1.29, 1.82) is 0 Å². The van der Waals surface area contributed by atoms with Gasteiger partial charge in [0, 0.05) is 25.9 Å². The normalized spacial score (nSPS) is 17.3. The van der Waals surface area contributed by atoms with Crippen LogP contribution in [0.2, 0.25) is 0 Å². The number of likely N-dealkylation sites (tertiary alicyclic amines) is 1. The quantitative estimate of drug-likeness (QED) is 0.612. The molecule has 2 heterocycles. The molecule has 0 atom stereocenters. The first-order chi connectivity index (χ1) is 15.4. The van der Waals surface area contributed by atoms with Crippen LogP contribution in [0.4, 0.5) is 5.69 Å². The van der Waals surface area contributed by atoms with Crippen molar-refractivity contribution >= 4 is 27.5 Å². The number of methoxy groups -OCH3 is 1. The van der Waals surface area contributed by atoms with Gasteiger partial charge in [-0.3, -0.25) is 14.5 Å². The maximum atomic E-state index is 12.9. The van der Waals surface area contributed by atoms with Crippen LogP contribution in [0, 0.1) is 0 Å². The molecule has 2 aromatic rings. The van der Waals surface area contributed by atoms with E-state index in [0.717, 1.165) is 30.1 Å². The van der Waals surface area contributed by atoms with E-state index in [9.17, 15) is 18.0 Å². The minimum absolute atomic E-state index is 0.0357. The highest BCUT2D eigenvalue weighted by Gasteiger charge is 2.33. The molecule has 2 amide bonds. The second kappa shape index (κ2) is 9.40. The number of nitrogens with zero attached hydrogens (tertiary/aromatic N) is 2. The Hall–Kier alpha value is -2.75. The average Bonchev–Trinajstić information content (AvgIpc) is 3.42. The number of benzene rings is 2. The van der Waals surface area contributed by atoms with Crippen molar-refractivity contribution in [3.8, 4) is 5.75 Å². The molecule has 0 aliphatic carbocycles. The van der Waals surface area contributed by atoms with Gasteiger partial charge in [-0.2, -0.15) is 0 Å². The topological polar surface area (TPSA) is 96.0 Å². The summed E-state index contributed by atoms with van der Waals surface area (Å²) in [5.41, 5.74) is 2.20. The van der Waals surface area contributed by atoms with E-state index in [1.807, 2.05) is 24.3 Å². The fourth-order valence-corrected chi connectivity index (χ4v) is 5.12. The maximum Gasteiger partial charge on any atom is 0.240 e. The lowest BCUT2D eigenvalue weighted by Crippen LogP contribution is -2.29. The van der Waals surface area contributed by atoms with E-state index in [2.05, 4.69) is 9.62 Å². The third-order valence-electron chi connectivity index (χ3n) is 5.85. The summed E-state index contributed by atoms with van der Waals surface area (Å²) in [4.78, 5) is 27.7. The zero-order chi connectivity index (χ0) is 22.7. The van der Waals surface area contributed by atoms with Crippen molar-refractivity contribution in [3.05, 3.63) is 53.6 Å². The molecule has 0 saturated carbocycles. The number of hydrogen-bond donors (Lipinski definition) is 1. The van der Waals surface area contributed by atoms with Crippen LogP contribution in [0.15, 0.2) is 47.4 Å². The Morgan fingerprint density at radius 1 is 0.938 bits per heavy atom. The van der Waals surface area contributed by atoms with Crippen LogP contribution in [0.25, 0.3) is 0 Å². The van der Waals surface area contributed by atoms with Crippen molar-refractivity contribution < 1.29 is 22.7 Å². The van der Waals surface area contributed by atoms with Gasteiger partial charge in [0.15, 0.2) is 0 Å². The van der Waals surface area contributed by atoms with Gasteiger partial charge in [-0.05, 0) is 55.3 Å². The lowest BCUT2D eigenvalue weighted by molar-refractivity contribution is -0.121. The van der Waals surface area contributed by atoms with E-state index >= 15 is 0 Å². The van der Waals surface area contributed by atoms with Gasteiger partial charge < -0.3 is 4.74 Å². The second-order valence-electron chi connectivity index (χ2n) is 8.08. The molecule has 0 radical (unpaired) electrons. The highest BCUT2D eigenvalue weighted by Crippen LogP contribution is 2.34. The van der Waals surface area contributed by atoms with Crippen LogP contribution in [-0.2, 0) is 32.7 Å². The Kier molecular flexibility index (Phi) is 6.59. The number of carbonyl (C=O) groups excluding carboxylic acids is 2. The number of sulfonamides is 1. The predicted octanol–water partition coefficient (Wildman–Crippen LogP) is 2.42. The van der Waals surface area contributed by atoms with Crippen molar-refractivity contribution in [3.63, 3.8) is 0 Å². The summed E-state index contributed by atoms with van der Waals surface area (Å²) in [6, 6.07) is 12.1. The molecule has 2 aromatic carbocycles. The first-order valence-electron chi connectivity index (χ1n) is 10.7. The van der Waals surface area contributed by atoms with Crippen molar-refractivity contribution in [2.45, 2.75) is 43.7 Å². The Morgan fingerprint density at radius 2 is 1.56 bits per heavy atom. The highest BCUT2D eigenvalue weighted by atomic mass is 32.2. The number of nitrogens with one attached hydrogen (secondary N) is 1. The van der Waals surface area contributed by atoms with Crippen LogP contribution in [0.5, 0.6) is 5.75 Å². The molecular weight excluding hydrogens is 430 g/mol. The Morgan fingerprint density at radius 3 is 2.19 bits per heavy atom. The largest absolute Gasteiger partial charge is 0.495 e. The summed E-state index contributed by atoms with van der Waals surface area (Å²) >= 11 is 0. The number of anilines is 1. The van der Waals surface area contributed by atoms with Gasteiger partial charge in [-0.25, -0.2) is 18.0 Å². The number of carbonyl (C=O) groups is 2. The summed E-state index contributed by atoms with van der Waals surface area (Å²) in [5.74, 6) is -0.476. The second-order valence-corrected chi connectivity index (χ2v) is 9.85. The third-order valence-corrected chi connectivity index (χ3v) is 7.25. The number of hydrogen-bond acceptors (Lipinski definition) is 6. The molecule has 9 heteroatoms. The van der Waals surface area contributed by atoms with Crippen molar-refractivity contribution in [2.24, 2.45) is 0 Å². The van der Waals surface area contributed by atoms with E-state index in [4.69, 9.17) is 4.74 Å². The van der Waals surface area contributed by atoms with E-state index in [1.54, 1.807) is 0 Å². The number of amides is 2. The fourth-order valence-electron chi connectivity index (χ4n) is 4.08. The average molecular weight is 458 g/mol. The number of ether oxygens (including phenoxy) is 1. The smallest absolute Gasteiger partial charge is 0.240 e. The third kappa shape index (κ3) is 4.85. The molecule has 2 saturated heterocycles. The van der Waals surface area contributed by atoms with Crippen molar-refractivity contribution in [1.82, 2.24) is 9.62 Å². The van der Waals surface area contributed by atoms with Gasteiger partial charge in [0.2, 0.25) is 21.8 Å². The van der Waals surface area contributed by atoms with Crippen LogP contribution < -0.4 is 14.4 Å². The summed E-state index contributed by atoms with van der Waals surface area (Å²) in [7, 11) is -2.46. The van der Waals surface area contributed by atoms with Gasteiger partial charge >= 0.3 is 0 Å². The zero-order valence-electron chi connectivity index (χ0n) is 18.0. The predicted molar refractivity (Wildman–Crippen MR) is 120 cm³/mol. The van der Waals surface area contributed by atoms with Crippen molar-refractivity contribution in [2.75, 3.05) is 25.1 Å². The van der Waals surface area contributed by atoms with Crippen LogP contribution in [0.3, 0.4) is 0 Å². The number of imide groups is 1. The monoisotopic (exact) mass is 457 g/mol. The Bertz CT molecular complexity index is 1090. The first kappa shape index (κ1) is 22.4. The Labute approximate surface area is 188 Å². The lowest BCUT2D eigenvalue weighted by Gasteiger charge is -2.18. The van der Waals surface area contributed by atoms with E-state index in [-0.39, 0.29) is 47.5 Å². The summed E-state index contributed by atoms with van der Waals surface area (Å²) < 4.78 is 33.6. The highest BCUT2D eigenvalue weighted by molar-refractivity contribution is 7.89. The first-order valence-corrected chi connectivity index (χ1v) is 12.2. The standard InChI is InChI=1S/C23H27N3O5S/c1-31-21-9-8-19(14-20(21)26-22(27)10-11-23(26)28)32(29,30)24-15-17-4-6-18(7-5-17)16-25-12-2-3-13-25/h4-9,14,24H,2-3,10-13,15-16H2,1H3. The summed E-state index contributed by atoms with van der Waals surface area (Å²) in [5, 5.41) is 0. The maximum absolute atomic E-state index is 12.9. The summed E-state index contributed by atoms with van der Waals surface area (Å²) in [6.07, 6.45) is 2.69. The van der Waals surface area contributed by atoms with E-state index < -0.39 is 10.0 Å². The van der Waals surface area contributed by atoms with E-state index in [1.165, 1.54) is 43.7 Å². The summed E-state index contributed by atoms with van der Waals surface area (Å²) in [6.45, 7) is 3.30. The Balaban J connectivity index is 1.47. The molecule has 4 rings (SSSR count). The van der Waals surface area contributed by atoms with Gasteiger partial charge in [0.25, 0.3) is 0 Å². The van der Waals surface area contributed by atoms with Gasteiger partial charge in [0.05, 0.1) is 17.7 Å². The molecule has 2 aliphatic heterocycles. The molecule has 2 aliphatic rings. The molecule has 170 valence electrons. The molecule has 0 unspecified atom stereocenters. The fraction of sp³-hybridized carbons (Fsp3) is 0.391. The molecule has 32 heavy (non-hydrogen) atoms. The molecule has 1 N–H and O–H groups in total. The molecule has 0 spiro atoms. The molecule has 8 nitrogen and oxygen atoms in total. The molecular formula is C23H27N3O5S. The molecule has 0 aromatic heterocycles. The van der Waals surface area contributed by atoms with E-state index in [0.29, 0.717) is 0 Å². The minimum atomic E-state index is -3.86. The molecule has 2 fully saturated rings.